The summed E-state index contributed by atoms with van der Waals surface area (Å²) in [7, 11) is 0. The van der Waals surface area contributed by atoms with Crippen LogP contribution in [-0.4, -0.2) is 36.6 Å². The van der Waals surface area contributed by atoms with E-state index >= 15 is 0 Å². The molecule has 0 fully saturated rings. The van der Waals surface area contributed by atoms with Crippen molar-refractivity contribution in [2.24, 2.45) is 0 Å². The first kappa shape index (κ1) is 25.5. The van der Waals surface area contributed by atoms with E-state index in [0.29, 0.717) is 13.1 Å². The van der Waals surface area contributed by atoms with E-state index in [1.54, 1.807) is 0 Å². The molecule has 3 aromatic carbocycles. The van der Waals surface area contributed by atoms with Gasteiger partial charge in [0.2, 0.25) is 0 Å². The molecule has 0 radical (unpaired) electrons. The average molecular weight is 507 g/mol. The van der Waals surface area contributed by atoms with Crippen molar-refractivity contribution < 1.29 is 0 Å². The predicted molar refractivity (Wildman–Crippen MR) is 151 cm³/mol. The van der Waals surface area contributed by atoms with E-state index in [9.17, 15) is 4.79 Å². The maximum atomic E-state index is 13.2. The van der Waals surface area contributed by atoms with Gasteiger partial charge in [-0.2, -0.15) is 0 Å². The van der Waals surface area contributed by atoms with E-state index in [4.69, 9.17) is 0 Å². The second-order valence-electron chi connectivity index (χ2n) is 9.84. The molecule has 0 bridgehead atoms. The van der Waals surface area contributed by atoms with Crippen molar-refractivity contribution in [1.29, 1.82) is 0 Å². The molecule has 5 rings (SSSR count). The van der Waals surface area contributed by atoms with Gasteiger partial charge in [-0.3, -0.25) is 9.69 Å². The number of pyridine rings is 1. The van der Waals surface area contributed by atoms with Crippen LogP contribution in [0.25, 0.3) is 10.9 Å². The summed E-state index contributed by atoms with van der Waals surface area (Å²) in [5, 5.41) is 13.9. The number of fused-ring (bicyclic) bond motifs is 1. The lowest BCUT2D eigenvalue weighted by atomic mass is 10.1. The molecule has 1 N–H and O–H groups in total. The highest BCUT2D eigenvalue weighted by Crippen LogP contribution is 2.25. The van der Waals surface area contributed by atoms with Crippen LogP contribution in [0.1, 0.15) is 47.5 Å². The van der Waals surface area contributed by atoms with Crippen molar-refractivity contribution in [3.63, 3.8) is 0 Å². The minimum atomic E-state index is -0.0497. The molecular weight excluding hydrogens is 472 g/mol. The molecule has 0 saturated carbocycles. The van der Waals surface area contributed by atoms with Gasteiger partial charge in [0.15, 0.2) is 5.82 Å². The number of aromatic nitrogens is 5. The summed E-state index contributed by atoms with van der Waals surface area (Å²) < 4.78 is 1.92. The first-order chi connectivity index (χ1) is 18.6. The molecular formula is C31H34N6O. The fraction of sp³-hybridized carbons (Fsp3) is 0.290. The number of H-pyrrole nitrogens is 1. The molecule has 0 aliphatic heterocycles. The first-order valence-electron chi connectivity index (χ1n) is 13.3. The van der Waals surface area contributed by atoms with Crippen LogP contribution in [0.15, 0.2) is 89.7 Å². The third-order valence-corrected chi connectivity index (χ3v) is 7.12. The maximum absolute atomic E-state index is 13.2. The van der Waals surface area contributed by atoms with Crippen molar-refractivity contribution in [2.45, 2.75) is 52.2 Å². The van der Waals surface area contributed by atoms with Crippen LogP contribution in [0, 0.1) is 6.92 Å². The molecule has 0 aliphatic rings. The van der Waals surface area contributed by atoms with Crippen molar-refractivity contribution in [1.82, 2.24) is 30.1 Å². The minimum Gasteiger partial charge on any atom is -0.322 e. The van der Waals surface area contributed by atoms with E-state index < -0.39 is 0 Å². The number of rotatable bonds is 11. The van der Waals surface area contributed by atoms with Crippen molar-refractivity contribution in [3.05, 3.63) is 123 Å². The monoisotopic (exact) mass is 506 g/mol. The Morgan fingerprint density at radius 1 is 0.921 bits per heavy atom. The van der Waals surface area contributed by atoms with Gasteiger partial charge in [0.25, 0.3) is 5.56 Å². The number of hydrogen-bond acceptors (Lipinski definition) is 5. The van der Waals surface area contributed by atoms with Crippen LogP contribution in [0.4, 0.5) is 0 Å². The fourth-order valence-electron chi connectivity index (χ4n) is 5.05. The predicted octanol–water partition coefficient (Wildman–Crippen LogP) is 5.26. The Labute approximate surface area is 223 Å². The summed E-state index contributed by atoms with van der Waals surface area (Å²) in [4.78, 5) is 18.6. The van der Waals surface area contributed by atoms with Crippen molar-refractivity contribution >= 4 is 10.9 Å². The lowest BCUT2D eigenvalue weighted by molar-refractivity contribution is 0.171. The normalized spacial score (nSPS) is 12.3. The second-order valence-corrected chi connectivity index (χ2v) is 9.84. The molecule has 0 aliphatic carbocycles. The van der Waals surface area contributed by atoms with Gasteiger partial charge in [-0.05, 0) is 70.8 Å². The maximum Gasteiger partial charge on any atom is 0.252 e. The minimum absolute atomic E-state index is 0.0300. The molecule has 5 aromatic rings. The molecule has 7 heteroatoms. The summed E-state index contributed by atoms with van der Waals surface area (Å²) >= 11 is 0. The van der Waals surface area contributed by atoms with E-state index in [0.717, 1.165) is 53.7 Å². The van der Waals surface area contributed by atoms with Crippen molar-refractivity contribution in [3.8, 4) is 0 Å². The number of nitrogens with one attached hydrogen (secondary N) is 1. The van der Waals surface area contributed by atoms with E-state index in [2.05, 4.69) is 93.0 Å². The van der Waals surface area contributed by atoms with Crippen LogP contribution in [0.5, 0.6) is 0 Å². The summed E-state index contributed by atoms with van der Waals surface area (Å²) in [6.07, 6.45) is 2.54. The van der Waals surface area contributed by atoms with Gasteiger partial charge < -0.3 is 4.98 Å². The van der Waals surface area contributed by atoms with Crippen LogP contribution >= 0.6 is 0 Å². The fourth-order valence-corrected chi connectivity index (χ4v) is 5.05. The molecule has 2 heterocycles. The van der Waals surface area contributed by atoms with Gasteiger partial charge in [-0.25, -0.2) is 4.68 Å². The lowest BCUT2D eigenvalue weighted by Crippen LogP contribution is -2.34. The van der Waals surface area contributed by atoms with Gasteiger partial charge in [0, 0.05) is 30.7 Å². The molecule has 0 amide bonds. The third-order valence-electron chi connectivity index (χ3n) is 7.12. The molecule has 2 aromatic heterocycles. The summed E-state index contributed by atoms with van der Waals surface area (Å²) in [6.45, 7) is 6.18. The van der Waals surface area contributed by atoms with Crippen LogP contribution in [-0.2, 0) is 25.9 Å². The molecule has 0 saturated heterocycles. The highest BCUT2D eigenvalue weighted by molar-refractivity contribution is 5.79. The van der Waals surface area contributed by atoms with Gasteiger partial charge in [-0.15, -0.1) is 5.10 Å². The van der Waals surface area contributed by atoms with Gasteiger partial charge in [-0.1, -0.05) is 79.7 Å². The zero-order valence-corrected chi connectivity index (χ0v) is 22.0. The zero-order chi connectivity index (χ0) is 26.3. The number of nitrogens with zero attached hydrogens (tertiary/aromatic N) is 5. The van der Waals surface area contributed by atoms with Crippen molar-refractivity contribution in [2.75, 3.05) is 6.54 Å². The molecule has 7 nitrogen and oxygen atoms in total. The Morgan fingerprint density at radius 3 is 2.34 bits per heavy atom. The molecule has 194 valence electrons. The van der Waals surface area contributed by atoms with Gasteiger partial charge in [0.05, 0.1) is 6.04 Å². The number of benzene rings is 3. The smallest absolute Gasteiger partial charge is 0.252 e. The summed E-state index contributed by atoms with van der Waals surface area (Å²) in [5.41, 5.74) is 5.20. The lowest BCUT2D eigenvalue weighted by Gasteiger charge is -2.30. The Bertz CT molecular complexity index is 1530. The first-order valence-corrected chi connectivity index (χ1v) is 13.3. The molecule has 1 atom stereocenters. The van der Waals surface area contributed by atoms with Crippen LogP contribution in [0.2, 0.25) is 0 Å². The number of aromatic amines is 1. The van der Waals surface area contributed by atoms with Crippen LogP contribution < -0.4 is 5.56 Å². The van der Waals surface area contributed by atoms with E-state index in [1.165, 1.54) is 11.1 Å². The van der Waals surface area contributed by atoms with Crippen LogP contribution in [0.3, 0.4) is 0 Å². The Balaban J connectivity index is 1.44. The highest BCUT2D eigenvalue weighted by Gasteiger charge is 2.25. The van der Waals surface area contributed by atoms with Gasteiger partial charge in [0.1, 0.15) is 0 Å². The number of tetrazole rings is 1. The molecule has 1 unspecified atom stereocenters. The standard InChI is InChI=1S/C31H34N6O/c1-3-29(30-33-34-35-37(30)19-17-25-12-8-5-9-13-25)36(18-16-24-10-6-4-7-11-24)22-27-21-26-15-14-23(2)20-28(26)32-31(27)38/h4-15,20-21,29H,3,16-19,22H2,1-2H3,(H,32,38). The summed E-state index contributed by atoms with van der Waals surface area (Å²) in [6, 6.07) is 29.0. The topological polar surface area (TPSA) is 79.7 Å². The number of hydrogen-bond donors (Lipinski definition) is 1. The quantitative estimate of drug-likeness (QED) is 0.264. The van der Waals surface area contributed by atoms with Gasteiger partial charge >= 0.3 is 0 Å². The van der Waals surface area contributed by atoms with E-state index in [1.807, 2.05) is 35.9 Å². The molecule has 38 heavy (non-hydrogen) atoms. The average Bonchev–Trinajstić information content (AvgIpc) is 3.40. The largest absolute Gasteiger partial charge is 0.322 e. The third kappa shape index (κ3) is 6.06. The second kappa shape index (κ2) is 12.0. The number of aryl methyl sites for hydroxylation is 3. The SMILES string of the molecule is CCC(c1nnnn1CCc1ccccc1)N(CCc1ccccc1)Cc1cc2ccc(C)cc2[nH]c1=O. The zero-order valence-electron chi connectivity index (χ0n) is 22.0. The molecule has 0 spiro atoms. The Kier molecular flexibility index (Phi) is 8.04. The van der Waals surface area contributed by atoms with E-state index in [-0.39, 0.29) is 11.6 Å². The highest BCUT2D eigenvalue weighted by atomic mass is 16.1. The Morgan fingerprint density at radius 2 is 1.63 bits per heavy atom. The summed E-state index contributed by atoms with van der Waals surface area (Å²) in [5.74, 6) is 0.837. The Hall–Kier alpha value is -4.10.